The van der Waals surface area contributed by atoms with Gasteiger partial charge in [0, 0.05) is 13.1 Å². The zero-order valence-electron chi connectivity index (χ0n) is 20.1. The molecule has 8 heteroatoms. The molecule has 0 aromatic heterocycles. The van der Waals surface area contributed by atoms with Gasteiger partial charge in [-0.2, -0.15) is 0 Å². The van der Waals surface area contributed by atoms with Crippen LogP contribution in [0.1, 0.15) is 49.7 Å². The summed E-state index contributed by atoms with van der Waals surface area (Å²) in [6.45, 7) is 2.82. The molecule has 0 unspecified atom stereocenters. The number of unbranched alkanes of at least 4 members (excludes halogenated alkanes) is 5. The van der Waals surface area contributed by atoms with E-state index < -0.39 is 0 Å². The standard InChI is InChI=1S/C26H40N6O2/c27-25(28)31-17-15-21-7-11-23(12-8-21)33-19-5-3-1-2-4-6-20-34-24-13-9-22(10-14-24)16-18-32-26(29)30/h7-14H,1-6,15-20H2,(H4,27,28,31)(H4,29,30,32). The predicted octanol–water partition coefficient (Wildman–Crippen LogP) is 3.54. The molecule has 0 bridgehead atoms. The summed E-state index contributed by atoms with van der Waals surface area (Å²) in [6.07, 6.45) is 8.58. The van der Waals surface area contributed by atoms with Gasteiger partial charge in [0.1, 0.15) is 11.5 Å². The van der Waals surface area contributed by atoms with Crippen molar-refractivity contribution in [1.82, 2.24) is 10.6 Å². The zero-order chi connectivity index (χ0) is 24.4. The first-order valence-corrected chi connectivity index (χ1v) is 12.1. The van der Waals surface area contributed by atoms with E-state index in [1.807, 2.05) is 24.3 Å². The minimum absolute atomic E-state index is 0.00651. The fourth-order valence-corrected chi connectivity index (χ4v) is 3.48. The average Bonchev–Trinajstić information content (AvgIpc) is 2.82. The van der Waals surface area contributed by atoms with Crippen molar-refractivity contribution in [1.29, 1.82) is 10.8 Å². The largest absolute Gasteiger partial charge is 0.494 e. The summed E-state index contributed by atoms with van der Waals surface area (Å²) in [5, 5.41) is 19.9. The molecule has 34 heavy (non-hydrogen) atoms. The Morgan fingerprint density at radius 2 is 0.941 bits per heavy atom. The summed E-state index contributed by atoms with van der Waals surface area (Å²) in [7, 11) is 0. The minimum Gasteiger partial charge on any atom is -0.494 e. The van der Waals surface area contributed by atoms with Crippen molar-refractivity contribution in [2.45, 2.75) is 51.4 Å². The maximum Gasteiger partial charge on any atom is 0.185 e. The number of guanidine groups is 2. The molecule has 0 aliphatic rings. The Morgan fingerprint density at radius 3 is 1.29 bits per heavy atom. The predicted molar refractivity (Wildman–Crippen MR) is 139 cm³/mol. The zero-order valence-corrected chi connectivity index (χ0v) is 20.1. The summed E-state index contributed by atoms with van der Waals surface area (Å²) in [5.41, 5.74) is 13.0. The van der Waals surface area contributed by atoms with E-state index in [0.717, 1.165) is 50.4 Å². The Balaban J connectivity index is 1.43. The number of ether oxygens (including phenoxy) is 2. The lowest BCUT2D eigenvalue weighted by Gasteiger charge is -2.09. The molecule has 0 saturated heterocycles. The highest BCUT2D eigenvalue weighted by Crippen LogP contribution is 2.15. The molecule has 0 amide bonds. The van der Waals surface area contributed by atoms with E-state index >= 15 is 0 Å². The van der Waals surface area contributed by atoms with Crippen molar-refractivity contribution in [2.75, 3.05) is 26.3 Å². The summed E-state index contributed by atoms with van der Waals surface area (Å²) in [5.74, 6) is 1.82. The number of nitrogens with one attached hydrogen (secondary N) is 4. The molecule has 2 aromatic rings. The van der Waals surface area contributed by atoms with Crippen LogP contribution in [0.25, 0.3) is 0 Å². The molecule has 186 valence electrons. The van der Waals surface area contributed by atoms with Crippen LogP contribution < -0.4 is 31.6 Å². The summed E-state index contributed by atoms with van der Waals surface area (Å²) >= 11 is 0. The summed E-state index contributed by atoms with van der Waals surface area (Å²) < 4.78 is 11.7. The Kier molecular flexibility index (Phi) is 12.8. The highest BCUT2D eigenvalue weighted by Gasteiger charge is 1.99. The molecule has 0 fully saturated rings. The van der Waals surface area contributed by atoms with Gasteiger partial charge < -0.3 is 31.6 Å². The highest BCUT2D eigenvalue weighted by molar-refractivity contribution is 5.74. The Bertz CT molecular complexity index is 768. The summed E-state index contributed by atoms with van der Waals surface area (Å²) in [4.78, 5) is 0. The minimum atomic E-state index is 0.00651. The van der Waals surface area contributed by atoms with Crippen LogP contribution in [0.4, 0.5) is 0 Å². The molecule has 8 N–H and O–H groups in total. The van der Waals surface area contributed by atoms with Gasteiger partial charge in [-0.3, -0.25) is 10.8 Å². The van der Waals surface area contributed by atoms with Crippen molar-refractivity contribution in [3.63, 3.8) is 0 Å². The average molecular weight is 469 g/mol. The fraction of sp³-hybridized carbons (Fsp3) is 0.462. The van der Waals surface area contributed by atoms with Crippen LogP contribution in [-0.2, 0) is 12.8 Å². The third kappa shape index (κ3) is 12.6. The molecular formula is C26H40N6O2. The SMILES string of the molecule is N=C(N)NCCc1ccc(OCCCCCCCCOc2ccc(CCNC(=N)N)cc2)cc1. The maximum atomic E-state index is 7.16. The molecule has 0 aliphatic carbocycles. The second-order valence-electron chi connectivity index (χ2n) is 8.29. The third-order valence-corrected chi connectivity index (χ3v) is 5.38. The lowest BCUT2D eigenvalue weighted by molar-refractivity contribution is 0.297. The smallest absolute Gasteiger partial charge is 0.185 e. The normalized spacial score (nSPS) is 10.5. The van der Waals surface area contributed by atoms with Crippen molar-refractivity contribution in [3.05, 3.63) is 59.7 Å². The van der Waals surface area contributed by atoms with Gasteiger partial charge in [0.25, 0.3) is 0 Å². The van der Waals surface area contributed by atoms with Crippen LogP contribution >= 0.6 is 0 Å². The van der Waals surface area contributed by atoms with Crippen LogP contribution in [0.2, 0.25) is 0 Å². The number of hydrogen-bond acceptors (Lipinski definition) is 4. The lowest BCUT2D eigenvalue weighted by Crippen LogP contribution is -2.31. The van der Waals surface area contributed by atoms with Crippen LogP contribution in [0.5, 0.6) is 11.5 Å². The number of nitrogens with two attached hydrogens (primary N) is 2. The van der Waals surface area contributed by atoms with E-state index in [-0.39, 0.29) is 11.9 Å². The molecule has 0 heterocycles. The molecular weight excluding hydrogens is 428 g/mol. The van der Waals surface area contributed by atoms with Crippen LogP contribution in [0, 0.1) is 10.8 Å². The number of benzene rings is 2. The Morgan fingerprint density at radius 1 is 0.588 bits per heavy atom. The van der Waals surface area contributed by atoms with Gasteiger partial charge in [-0.15, -0.1) is 0 Å². The maximum absolute atomic E-state index is 7.16. The monoisotopic (exact) mass is 468 g/mol. The summed E-state index contributed by atoms with van der Waals surface area (Å²) in [6, 6.07) is 16.2. The highest BCUT2D eigenvalue weighted by atomic mass is 16.5. The van der Waals surface area contributed by atoms with Gasteiger partial charge in [0.2, 0.25) is 0 Å². The van der Waals surface area contributed by atoms with E-state index in [0.29, 0.717) is 13.1 Å². The van der Waals surface area contributed by atoms with E-state index in [1.54, 1.807) is 0 Å². The molecule has 0 spiro atoms. The molecule has 2 rings (SSSR count). The van der Waals surface area contributed by atoms with E-state index in [1.165, 1.54) is 36.8 Å². The van der Waals surface area contributed by atoms with Crippen molar-refractivity contribution in [3.8, 4) is 11.5 Å². The first-order chi connectivity index (χ1) is 16.5. The van der Waals surface area contributed by atoms with Crippen LogP contribution in [0.3, 0.4) is 0 Å². The first kappa shape index (κ1) is 26.8. The van der Waals surface area contributed by atoms with Gasteiger partial charge in [-0.05, 0) is 61.1 Å². The molecule has 2 aromatic carbocycles. The fourth-order valence-electron chi connectivity index (χ4n) is 3.48. The second-order valence-corrected chi connectivity index (χ2v) is 8.29. The van der Waals surface area contributed by atoms with Gasteiger partial charge in [-0.1, -0.05) is 49.9 Å². The number of rotatable bonds is 17. The number of hydrogen-bond donors (Lipinski definition) is 6. The molecule has 0 aliphatic heterocycles. The molecule has 0 radical (unpaired) electrons. The van der Waals surface area contributed by atoms with E-state index in [2.05, 4.69) is 34.9 Å². The van der Waals surface area contributed by atoms with Crippen molar-refractivity contribution >= 4 is 11.9 Å². The lowest BCUT2D eigenvalue weighted by atomic mass is 10.1. The molecule has 0 saturated carbocycles. The Hall–Kier alpha value is -3.42. The quantitative estimate of drug-likeness (QED) is 0.119. The van der Waals surface area contributed by atoms with Crippen LogP contribution in [0.15, 0.2) is 48.5 Å². The second kappa shape index (κ2) is 16.2. The van der Waals surface area contributed by atoms with E-state index in [4.69, 9.17) is 31.8 Å². The Labute approximate surface area is 203 Å². The van der Waals surface area contributed by atoms with E-state index in [9.17, 15) is 0 Å². The third-order valence-electron chi connectivity index (χ3n) is 5.38. The van der Waals surface area contributed by atoms with Gasteiger partial charge in [-0.25, -0.2) is 0 Å². The first-order valence-electron chi connectivity index (χ1n) is 12.1. The van der Waals surface area contributed by atoms with Gasteiger partial charge in [0.15, 0.2) is 11.9 Å². The van der Waals surface area contributed by atoms with Gasteiger partial charge in [0.05, 0.1) is 13.2 Å². The van der Waals surface area contributed by atoms with Gasteiger partial charge >= 0.3 is 0 Å². The van der Waals surface area contributed by atoms with Crippen LogP contribution in [-0.4, -0.2) is 38.2 Å². The molecule has 8 nitrogen and oxygen atoms in total. The van der Waals surface area contributed by atoms with Crippen molar-refractivity contribution in [2.24, 2.45) is 11.5 Å². The van der Waals surface area contributed by atoms with Crippen molar-refractivity contribution < 1.29 is 9.47 Å². The topological polar surface area (TPSA) is 142 Å². The molecule has 0 atom stereocenters.